The summed E-state index contributed by atoms with van der Waals surface area (Å²) < 4.78 is 28.1. The Morgan fingerprint density at radius 3 is 2.59 bits per heavy atom. The second-order valence-electron chi connectivity index (χ2n) is 10.4. The maximum absolute atomic E-state index is 14.3. The summed E-state index contributed by atoms with van der Waals surface area (Å²) in [5.41, 5.74) is 2.37. The van der Waals surface area contributed by atoms with Crippen molar-refractivity contribution in [2.24, 2.45) is 0 Å². The fourth-order valence-corrected chi connectivity index (χ4v) is 5.47. The van der Waals surface area contributed by atoms with Crippen LogP contribution < -0.4 is 4.74 Å². The van der Waals surface area contributed by atoms with E-state index in [0.717, 1.165) is 44.8 Å². The number of hydrogen-bond acceptors (Lipinski definition) is 7. The molecule has 0 bridgehead atoms. The minimum Gasteiger partial charge on any atom is -0.477 e. The van der Waals surface area contributed by atoms with Crippen molar-refractivity contribution in [2.75, 3.05) is 19.7 Å². The second-order valence-corrected chi connectivity index (χ2v) is 11.2. The van der Waals surface area contributed by atoms with Crippen molar-refractivity contribution in [1.29, 1.82) is 0 Å². The molecule has 2 aliphatic rings. The van der Waals surface area contributed by atoms with Gasteiger partial charge < -0.3 is 19.1 Å². The van der Waals surface area contributed by atoms with Gasteiger partial charge in [-0.15, -0.1) is 0 Å². The molecule has 2 saturated heterocycles. The predicted molar refractivity (Wildman–Crippen MR) is 151 cm³/mol. The first-order valence-electron chi connectivity index (χ1n) is 13.5. The van der Waals surface area contributed by atoms with Crippen molar-refractivity contribution >= 4 is 40.3 Å². The molecule has 0 aliphatic carbocycles. The summed E-state index contributed by atoms with van der Waals surface area (Å²) in [4.78, 5) is 27.5. The molecule has 3 aromatic heterocycles. The number of pyridine rings is 2. The minimum absolute atomic E-state index is 0.00710. The molecule has 1 aromatic carbocycles. The van der Waals surface area contributed by atoms with Crippen molar-refractivity contribution in [3.8, 4) is 5.88 Å². The van der Waals surface area contributed by atoms with Crippen LogP contribution in [0.1, 0.15) is 46.8 Å². The van der Waals surface area contributed by atoms with Crippen molar-refractivity contribution in [2.45, 2.75) is 51.0 Å². The summed E-state index contributed by atoms with van der Waals surface area (Å²) in [6, 6.07) is 11.3. The number of carboxylic acids is 1. The molecule has 2 fully saturated rings. The molecule has 1 atom stereocenters. The third-order valence-electron chi connectivity index (χ3n) is 7.51. The Morgan fingerprint density at radius 1 is 1.07 bits per heavy atom. The highest BCUT2D eigenvalue weighted by molar-refractivity contribution is 6.31. The lowest BCUT2D eigenvalue weighted by atomic mass is 10.1. The number of carbonyl (C=O) groups is 1. The predicted octanol–water partition coefficient (Wildman–Crippen LogP) is 5.39. The zero-order valence-corrected chi connectivity index (χ0v) is 23.6. The van der Waals surface area contributed by atoms with Crippen LogP contribution in [0.25, 0.3) is 11.2 Å². The lowest BCUT2D eigenvalue weighted by Gasteiger charge is -2.32. The van der Waals surface area contributed by atoms with E-state index >= 15 is 0 Å². The number of hydrogen-bond donors (Lipinski definition) is 1. The summed E-state index contributed by atoms with van der Waals surface area (Å²) in [6.45, 7) is 3.46. The average Bonchev–Trinajstić information content (AvgIpc) is 3.26. The lowest BCUT2D eigenvalue weighted by molar-refractivity contribution is -0.0593. The molecule has 12 heteroatoms. The topological polar surface area (TPSA) is 103 Å². The standard InChI is InChI=1S/C29H28Cl2FN5O4/c30-18-2-1-17(23(32)14-18)13-19-3-4-22(31)28(33-19)41-20-7-10-36(11-8-20)16-26-34-24-5-6-25(29(38)39)35-27(24)37(26)15-21-9-12-40-21/h1-6,14,20-21H,7-13,15-16H2,(H,38,39). The van der Waals surface area contributed by atoms with Gasteiger partial charge in [-0.2, -0.15) is 0 Å². The third kappa shape index (κ3) is 6.30. The third-order valence-corrected chi connectivity index (χ3v) is 8.03. The van der Waals surface area contributed by atoms with Crippen LogP contribution in [0.2, 0.25) is 10.0 Å². The van der Waals surface area contributed by atoms with Crippen LogP contribution in [-0.4, -0.2) is 67.4 Å². The molecule has 0 spiro atoms. The maximum Gasteiger partial charge on any atom is 0.354 e. The summed E-state index contributed by atoms with van der Waals surface area (Å²) in [6.07, 6.45) is 2.78. The fraction of sp³-hybridized carbons (Fsp3) is 0.379. The number of rotatable bonds is 9. The molecular formula is C29H28Cl2FN5O4. The first-order valence-corrected chi connectivity index (χ1v) is 14.3. The van der Waals surface area contributed by atoms with Gasteiger partial charge in [0, 0.05) is 36.8 Å². The second kappa shape index (κ2) is 11.9. The molecule has 6 rings (SSSR count). The monoisotopic (exact) mass is 599 g/mol. The highest BCUT2D eigenvalue weighted by Crippen LogP contribution is 2.28. The normalized spacial score (nSPS) is 18.0. The van der Waals surface area contributed by atoms with Gasteiger partial charge in [0.05, 0.1) is 19.2 Å². The Hall–Kier alpha value is -3.31. The van der Waals surface area contributed by atoms with E-state index in [1.165, 1.54) is 12.1 Å². The fourth-order valence-electron chi connectivity index (χ4n) is 5.16. The molecule has 0 saturated carbocycles. The molecule has 5 heterocycles. The Balaban J connectivity index is 1.11. The summed E-state index contributed by atoms with van der Waals surface area (Å²) >= 11 is 12.3. The van der Waals surface area contributed by atoms with Crippen LogP contribution >= 0.6 is 23.2 Å². The summed E-state index contributed by atoms with van der Waals surface area (Å²) in [7, 11) is 0. The smallest absolute Gasteiger partial charge is 0.354 e. The SMILES string of the molecule is O=C(O)c1ccc2nc(CN3CCC(Oc4nc(Cc5ccc(Cl)cc5F)ccc4Cl)CC3)n(CC3CCO3)c2n1. The highest BCUT2D eigenvalue weighted by atomic mass is 35.5. The number of fused-ring (bicyclic) bond motifs is 1. The van der Waals surface area contributed by atoms with Crippen LogP contribution in [0.4, 0.5) is 4.39 Å². The van der Waals surface area contributed by atoms with Crippen LogP contribution in [0.3, 0.4) is 0 Å². The number of imidazole rings is 1. The highest BCUT2D eigenvalue weighted by Gasteiger charge is 2.27. The molecule has 41 heavy (non-hydrogen) atoms. The van der Waals surface area contributed by atoms with Gasteiger partial charge in [-0.3, -0.25) is 4.90 Å². The molecule has 214 valence electrons. The summed E-state index contributed by atoms with van der Waals surface area (Å²) in [5, 5.41) is 10.2. The largest absolute Gasteiger partial charge is 0.477 e. The van der Waals surface area contributed by atoms with E-state index in [2.05, 4.69) is 14.9 Å². The number of benzene rings is 1. The van der Waals surface area contributed by atoms with E-state index in [0.29, 0.717) is 57.9 Å². The van der Waals surface area contributed by atoms with E-state index in [4.69, 9.17) is 37.7 Å². The van der Waals surface area contributed by atoms with Gasteiger partial charge in [0.15, 0.2) is 11.3 Å². The first-order chi connectivity index (χ1) is 19.8. The van der Waals surface area contributed by atoms with Gasteiger partial charge in [0.2, 0.25) is 5.88 Å². The Kier molecular flexibility index (Phi) is 8.07. The van der Waals surface area contributed by atoms with E-state index in [1.807, 2.05) is 4.57 Å². The van der Waals surface area contributed by atoms with Gasteiger partial charge in [0.1, 0.15) is 28.3 Å². The van der Waals surface area contributed by atoms with E-state index in [-0.39, 0.29) is 23.7 Å². The number of halogens is 3. The van der Waals surface area contributed by atoms with Crippen LogP contribution in [0.15, 0.2) is 42.5 Å². The quantitative estimate of drug-likeness (QED) is 0.273. The Labute approximate surface area is 245 Å². The number of likely N-dealkylation sites (tertiary alicyclic amines) is 1. The molecule has 0 radical (unpaired) electrons. The Morgan fingerprint density at radius 2 is 1.88 bits per heavy atom. The van der Waals surface area contributed by atoms with E-state index < -0.39 is 5.97 Å². The molecule has 1 N–H and O–H groups in total. The van der Waals surface area contributed by atoms with Crippen molar-refractivity contribution in [3.63, 3.8) is 0 Å². The van der Waals surface area contributed by atoms with Crippen molar-refractivity contribution < 1.29 is 23.8 Å². The van der Waals surface area contributed by atoms with Gasteiger partial charge in [-0.05, 0) is 61.2 Å². The molecule has 1 unspecified atom stereocenters. The van der Waals surface area contributed by atoms with Crippen molar-refractivity contribution in [1.82, 2.24) is 24.4 Å². The average molecular weight is 600 g/mol. The lowest BCUT2D eigenvalue weighted by Crippen LogP contribution is -2.39. The van der Waals surface area contributed by atoms with Crippen LogP contribution in [0.5, 0.6) is 5.88 Å². The molecular weight excluding hydrogens is 572 g/mol. The maximum atomic E-state index is 14.3. The molecule has 0 amide bonds. The molecule has 4 aromatic rings. The number of aromatic nitrogens is 4. The van der Waals surface area contributed by atoms with E-state index in [1.54, 1.807) is 30.3 Å². The number of carboxylic acid groups (broad SMARTS) is 1. The molecule has 9 nitrogen and oxygen atoms in total. The number of nitrogens with zero attached hydrogens (tertiary/aromatic N) is 5. The zero-order valence-electron chi connectivity index (χ0n) is 22.1. The first kappa shape index (κ1) is 27.8. The Bertz CT molecular complexity index is 1590. The van der Waals surface area contributed by atoms with E-state index in [9.17, 15) is 14.3 Å². The molecule has 2 aliphatic heterocycles. The summed E-state index contributed by atoms with van der Waals surface area (Å²) in [5.74, 6) is -0.271. The number of aromatic carboxylic acids is 1. The number of piperidine rings is 1. The zero-order chi connectivity index (χ0) is 28.5. The van der Waals surface area contributed by atoms with Crippen LogP contribution in [-0.2, 0) is 24.2 Å². The minimum atomic E-state index is -1.07. The van der Waals surface area contributed by atoms with Gasteiger partial charge >= 0.3 is 5.97 Å². The van der Waals surface area contributed by atoms with Crippen LogP contribution in [0, 0.1) is 5.82 Å². The van der Waals surface area contributed by atoms with Gasteiger partial charge in [-0.1, -0.05) is 29.3 Å². The van der Waals surface area contributed by atoms with Gasteiger partial charge in [0.25, 0.3) is 0 Å². The number of ether oxygens (including phenoxy) is 2. The van der Waals surface area contributed by atoms with Crippen molar-refractivity contribution in [3.05, 3.63) is 81.1 Å². The van der Waals surface area contributed by atoms with Gasteiger partial charge in [-0.25, -0.2) is 24.1 Å².